The topological polar surface area (TPSA) is 25.8 Å². The van der Waals surface area contributed by atoms with Gasteiger partial charge in [-0.25, -0.2) is 0 Å². The molecule has 0 bridgehead atoms. The third-order valence-electron chi connectivity index (χ3n) is 10.6. The molecule has 3 heteroatoms. The first-order chi connectivity index (χ1) is 27.7. The summed E-state index contributed by atoms with van der Waals surface area (Å²) in [5.41, 5.74) is 13.8. The number of hydrogen-bond donors (Lipinski definition) is 0. The van der Waals surface area contributed by atoms with Crippen LogP contribution in [0.2, 0.25) is 0 Å². The van der Waals surface area contributed by atoms with E-state index in [0.29, 0.717) is 0 Å². The standard InChI is InChI=1S/C39H42N.C15H10N.Ir/c1-3-5-7-9-12-30-16-20-32(21-17-30)34-14-11-15-36(28-34)38-27-25-37-29-35(24-26-39(37)40-38)33-22-18-31(19-23-33)13-10-8-6-4-2;1-2-6-12(7-3-1)15-11-10-13-8-4-5-9-14(13)16-15;/h11,14,16-29H,3-10,12-13H2,1-2H3;1-6,8-11H;/q2*-1;. The molecule has 0 aliphatic heterocycles. The number of rotatable bonds is 14. The maximum Gasteiger partial charge on any atom is 0.0595 e. The van der Waals surface area contributed by atoms with Crippen LogP contribution in [0.5, 0.6) is 0 Å². The van der Waals surface area contributed by atoms with Gasteiger partial charge in [0.15, 0.2) is 0 Å². The van der Waals surface area contributed by atoms with Crippen molar-refractivity contribution >= 4 is 21.8 Å². The van der Waals surface area contributed by atoms with Crippen molar-refractivity contribution < 1.29 is 20.1 Å². The van der Waals surface area contributed by atoms with E-state index in [9.17, 15) is 0 Å². The van der Waals surface area contributed by atoms with Crippen molar-refractivity contribution in [3.63, 3.8) is 0 Å². The zero-order valence-electron chi connectivity index (χ0n) is 33.3. The Hall–Kier alpha value is -5.21. The molecule has 289 valence electrons. The molecule has 0 spiro atoms. The molecule has 2 nitrogen and oxygen atoms in total. The van der Waals surface area contributed by atoms with Crippen LogP contribution in [0.1, 0.15) is 76.3 Å². The number of pyridine rings is 2. The molecule has 0 amide bonds. The summed E-state index contributed by atoms with van der Waals surface area (Å²) in [7, 11) is 0. The van der Waals surface area contributed by atoms with E-state index < -0.39 is 0 Å². The summed E-state index contributed by atoms with van der Waals surface area (Å²) in [5, 5.41) is 2.33. The molecule has 1 radical (unpaired) electrons. The quantitative estimate of drug-likeness (QED) is 0.0802. The second-order valence-corrected chi connectivity index (χ2v) is 14.8. The number of hydrogen-bond acceptors (Lipinski definition) is 2. The number of unbranched alkanes of at least 4 members (excludes halogenated alkanes) is 6. The number of nitrogens with zero attached hydrogens (tertiary/aromatic N) is 2. The Bertz CT molecular complexity index is 2440. The number of fused-ring (bicyclic) bond motifs is 2. The van der Waals surface area contributed by atoms with Gasteiger partial charge in [-0.15, -0.1) is 71.3 Å². The molecule has 0 saturated heterocycles. The molecule has 2 aromatic heterocycles. The van der Waals surface area contributed by atoms with Gasteiger partial charge in [-0.3, -0.25) is 9.97 Å². The summed E-state index contributed by atoms with van der Waals surface area (Å²) in [6, 6.07) is 62.2. The first-order valence-corrected chi connectivity index (χ1v) is 20.6. The summed E-state index contributed by atoms with van der Waals surface area (Å²) in [5.74, 6) is 0. The first-order valence-electron chi connectivity index (χ1n) is 20.6. The molecule has 2 heterocycles. The molecule has 6 aromatic carbocycles. The van der Waals surface area contributed by atoms with Gasteiger partial charge >= 0.3 is 0 Å². The largest absolute Gasteiger partial charge is 0.296 e. The smallest absolute Gasteiger partial charge is 0.0595 e. The second-order valence-electron chi connectivity index (χ2n) is 14.8. The van der Waals surface area contributed by atoms with E-state index in [1.54, 1.807) is 0 Å². The molecule has 0 fully saturated rings. The van der Waals surface area contributed by atoms with Crippen LogP contribution < -0.4 is 0 Å². The van der Waals surface area contributed by atoms with E-state index in [2.05, 4.69) is 134 Å². The maximum atomic E-state index is 5.01. The monoisotopic (exact) mass is 921 g/mol. The summed E-state index contributed by atoms with van der Waals surface area (Å²) in [4.78, 5) is 9.62. The number of para-hydroxylation sites is 1. The van der Waals surface area contributed by atoms with Crippen LogP contribution in [0.25, 0.3) is 66.6 Å². The van der Waals surface area contributed by atoms with E-state index in [0.717, 1.165) is 38.9 Å². The fraction of sp³-hybridized carbons (Fsp3) is 0.222. The summed E-state index contributed by atoms with van der Waals surface area (Å²) < 4.78 is 0. The fourth-order valence-corrected chi connectivity index (χ4v) is 7.26. The van der Waals surface area contributed by atoms with E-state index in [1.807, 2.05) is 54.6 Å². The molecule has 8 aromatic rings. The second kappa shape index (κ2) is 21.4. The zero-order valence-corrected chi connectivity index (χ0v) is 35.7. The predicted octanol–water partition coefficient (Wildman–Crippen LogP) is 15.0. The number of aryl methyl sites for hydroxylation is 2. The summed E-state index contributed by atoms with van der Waals surface area (Å²) in [6.07, 6.45) is 12.8. The Morgan fingerprint density at radius 3 is 1.58 bits per heavy atom. The van der Waals surface area contributed by atoms with Gasteiger partial charge in [0.25, 0.3) is 0 Å². The fourth-order valence-electron chi connectivity index (χ4n) is 7.26. The summed E-state index contributed by atoms with van der Waals surface area (Å²) in [6.45, 7) is 4.53. The Morgan fingerprint density at radius 2 is 0.947 bits per heavy atom. The minimum absolute atomic E-state index is 0. The zero-order chi connectivity index (χ0) is 38.4. The summed E-state index contributed by atoms with van der Waals surface area (Å²) >= 11 is 0. The number of aromatic nitrogens is 2. The van der Waals surface area contributed by atoms with Crippen molar-refractivity contribution in [1.29, 1.82) is 0 Å². The third-order valence-corrected chi connectivity index (χ3v) is 10.6. The van der Waals surface area contributed by atoms with Crippen molar-refractivity contribution in [3.05, 3.63) is 181 Å². The van der Waals surface area contributed by atoms with Gasteiger partial charge in [0.1, 0.15) is 0 Å². The van der Waals surface area contributed by atoms with Crippen LogP contribution in [0.3, 0.4) is 0 Å². The minimum Gasteiger partial charge on any atom is -0.296 e. The van der Waals surface area contributed by atoms with Gasteiger partial charge < -0.3 is 0 Å². The normalized spacial score (nSPS) is 10.8. The van der Waals surface area contributed by atoms with Gasteiger partial charge in [0.05, 0.1) is 11.0 Å². The van der Waals surface area contributed by atoms with E-state index >= 15 is 0 Å². The van der Waals surface area contributed by atoms with Crippen LogP contribution in [0.15, 0.2) is 158 Å². The van der Waals surface area contributed by atoms with Crippen LogP contribution in [0.4, 0.5) is 0 Å². The molecular formula is C54H52IrN2-2. The van der Waals surface area contributed by atoms with Crippen molar-refractivity contribution in [2.24, 2.45) is 0 Å². The van der Waals surface area contributed by atoms with Gasteiger partial charge in [-0.2, -0.15) is 0 Å². The molecule has 8 rings (SSSR count). The molecule has 0 N–H and O–H groups in total. The Morgan fingerprint density at radius 1 is 0.404 bits per heavy atom. The Kier molecular flexibility index (Phi) is 15.5. The van der Waals surface area contributed by atoms with Gasteiger partial charge in [0.2, 0.25) is 0 Å². The Balaban J connectivity index is 0.000000268. The van der Waals surface area contributed by atoms with Crippen LogP contribution in [0, 0.1) is 12.1 Å². The minimum atomic E-state index is 0. The van der Waals surface area contributed by atoms with Gasteiger partial charge in [-0.05, 0) is 93.9 Å². The molecule has 0 aliphatic rings. The van der Waals surface area contributed by atoms with Crippen LogP contribution in [-0.2, 0) is 32.9 Å². The third kappa shape index (κ3) is 11.4. The van der Waals surface area contributed by atoms with E-state index in [1.165, 1.54) is 103 Å². The Labute approximate surface area is 353 Å². The van der Waals surface area contributed by atoms with Crippen LogP contribution >= 0.6 is 0 Å². The average molecular weight is 921 g/mol. The molecule has 0 aliphatic carbocycles. The van der Waals surface area contributed by atoms with Crippen molar-refractivity contribution in [3.8, 4) is 44.8 Å². The molecule has 0 saturated carbocycles. The van der Waals surface area contributed by atoms with Crippen LogP contribution in [-0.4, -0.2) is 9.97 Å². The molecule has 0 unspecified atom stereocenters. The molecule has 57 heavy (non-hydrogen) atoms. The average Bonchev–Trinajstić information content (AvgIpc) is 3.27. The molecular weight excluding hydrogens is 869 g/mol. The van der Waals surface area contributed by atoms with Gasteiger partial charge in [0, 0.05) is 20.1 Å². The first kappa shape index (κ1) is 41.4. The van der Waals surface area contributed by atoms with Crippen molar-refractivity contribution in [1.82, 2.24) is 9.97 Å². The number of benzene rings is 6. The van der Waals surface area contributed by atoms with E-state index in [4.69, 9.17) is 4.98 Å². The predicted molar refractivity (Wildman–Crippen MR) is 239 cm³/mol. The molecule has 0 atom stereocenters. The maximum absolute atomic E-state index is 5.01. The van der Waals surface area contributed by atoms with Crippen molar-refractivity contribution in [2.45, 2.75) is 78.1 Å². The van der Waals surface area contributed by atoms with Crippen molar-refractivity contribution in [2.75, 3.05) is 0 Å². The van der Waals surface area contributed by atoms with E-state index in [-0.39, 0.29) is 20.1 Å². The van der Waals surface area contributed by atoms with Gasteiger partial charge in [-0.1, -0.05) is 149 Å². The SMILES string of the molecule is CCCCCCc1ccc(-c2cc[c-]c(-c3ccc4cc(-c5ccc(CCCCCC)cc5)ccc4n3)c2)cc1.[Ir].[c-]1ccccc1-c1ccc2ccccc2n1.